The van der Waals surface area contributed by atoms with E-state index in [-0.39, 0.29) is 5.91 Å². The molecule has 5 nitrogen and oxygen atoms in total. The third-order valence-electron chi connectivity index (χ3n) is 4.15. The minimum absolute atomic E-state index is 0.0680. The summed E-state index contributed by atoms with van der Waals surface area (Å²) in [5.41, 5.74) is 1.67. The van der Waals surface area contributed by atoms with Crippen LogP contribution in [-0.4, -0.2) is 51.7 Å². The number of hydrogen-bond acceptors (Lipinski definition) is 3. The van der Waals surface area contributed by atoms with E-state index >= 15 is 0 Å². The fourth-order valence-electron chi connectivity index (χ4n) is 2.80. The first-order chi connectivity index (χ1) is 11.2. The van der Waals surface area contributed by atoms with E-state index in [4.69, 9.17) is 11.6 Å². The Kier molecular flexibility index (Phi) is 4.98. The zero-order valence-corrected chi connectivity index (χ0v) is 14.0. The molecule has 1 aliphatic rings. The van der Waals surface area contributed by atoms with Gasteiger partial charge in [-0.05, 0) is 12.5 Å². The number of rotatable bonds is 4. The Bertz CT molecular complexity index is 662. The summed E-state index contributed by atoms with van der Waals surface area (Å²) >= 11 is 6.13. The van der Waals surface area contributed by atoms with Crippen LogP contribution in [0.4, 0.5) is 0 Å². The largest absolute Gasteiger partial charge is 0.335 e. The molecular formula is C17H21ClN4O. The van der Waals surface area contributed by atoms with Crippen molar-refractivity contribution in [2.45, 2.75) is 20.0 Å². The highest BCUT2D eigenvalue weighted by Gasteiger charge is 2.25. The van der Waals surface area contributed by atoms with Crippen molar-refractivity contribution in [3.63, 3.8) is 0 Å². The summed E-state index contributed by atoms with van der Waals surface area (Å²) in [6.07, 6.45) is 1.71. The lowest BCUT2D eigenvalue weighted by Crippen LogP contribution is -2.48. The second-order valence-corrected chi connectivity index (χ2v) is 6.14. The van der Waals surface area contributed by atoms with Crippen molar-refractivity contribution in [1.82, 2.24) is 19.6 Å². The maximum atomic E-state index is 12.6. The first-order valence-corrected chi connectivity index (χ1v) is 8.33. The first kappa shape index (κ1) is 16.0. The topological polar surface area (TPSA) is 41.4 Å². The van der Waals surface area contributed by atoms with Crippen molar-refractivity contribution in [2.75, 3.05) is 26.2 Å². The highest BCUT2D eigenvalue weighted by atomic mass is 35.5. The molecule has 1 fully saturated rings. The lowest BCUT2D eigenvalue weighted by Gasteiger charge is -2.34. The molecule has 2 aromatic rings. The van der Waals surface area contributed by atoms with Crippen molar-refractivity contribution in [1.29, 1.82) is 0 Å². The average Bonchev–Trinajstić information content (AvgIpc) is 2.97. The highest BCUT2D eigenvalue weighted by Crippen LogP contribution is 2.17. The third-order valence-corrected chi connectivity index (χ3v) is 4.43. The highest BCUT2D eigenvalue weighted by molar-refractivity contribution is 6.33. The summed E-state index contributed by atoms with van der Waals surface area (Å²) in [7, 11) is 0. The molecule has 1 amide bonds. The smallest absolute Gasteiger partial charge is 0.276 e. The molecule has 0 N–H and O–H groups in total. The number of piperazine rings is 1. The van der Waals surface area contributed by atoms with E-state index in [0.29, 0.717) is 30.4 Å². The SMILES string of the molecule is CCn1cc(Cl)c(C(=O)N2CCN(Cc3ccccc3)CC2)n1. The Labute approximate surface area is 141 Å². The summed E-state index contributed by atoms with van der Waals surface area (Å²) < 4.78 is 1.70. The lowest BCUT2D eigenvalue weighted by molar-refractivity contribution is 0.0622. The predicted molar refractivity (Wildman–Crippen MR) is 90.5 cm³/mol. The quantitative estimate of drug-likeness (QED) is 0.864. The lowest BCUT2D eigenvalue weighted by atomic mass is 10.2. The molecule has 6 heteroatoms. The fourth-order valence-corrected chi connectivity index (χ4v) is 3.04. The number of nitrogens with zero attached hydrogens (tertiary/aromatic N) is 4. The Balaban J connectivity index is 1.58. The van der Waals surface area contributed by atoms with Crippen molar-refractivity contribution < 1.29 is 4.79 Å². The number of hydrogen-bond donors (Lipinski definition) is 0. The molecule has 122 valence electrons. The summed E-state index contributed by atoms with van der Waals surface area (Å²) in [5, 5.41) is 4.70. The molecule has 1 aromatic carbocycles. The van der Waals surface area contributed by atoms with Crippen LogP contribution < -0.4 is 0 Å². The number of halogens is 1. The minimum atomic E-state index is -0.0680. The summed E-state index contributed by atoms with van der Waals surface area (Å²) in [6, 6.07) is 10.4. The van der Waals surface area contributed by atoms with Crippen LogP contribution in [0.25, 0.3) is 0 Å². The van der Waals surface area contributed by atoms with Crippen LogP contribution in [0.5, 0.6) is 0 Å². The first-order valence-electron chi connectivity index (χ1n) is 7.96. The van der Waals surface area contributed by atoms with Gasteiger partial charge in [0.05, 0.1) is 5.02 Å². The zero-order valence-electron chi connectivity index (χ0n) is 13.3. The summed E-state index contributed by atoms with van der Waals surface area (Å²) in [5.74, 6) is -0.0680. The van der Waals surface area contributed by atoms with Crippen molar-refractivity contribution in [2.24, 2.45) is 0 Å². The van der Waals surface area contributed by atoms with Gasteiger partial charge >= 0.3 is 0 Å². The van der Waals surface area contributed by atoms with Crippen LogP contribution in [0.3, 0.4) is 0 Å². The molecule has 0 spiro atoms. The maximum absolute atomic E-state index is 12.6. The molecule has 1 aromatic heterocycles. The average molecular weight is 333 g/mol. The molecule has 0 atom stereocenters. The second-order valence-electron chi connectivity index (χ2n) is 5.74. The van der Waals surface area contributed by atoms with E-state index in [0.717, 1.165) is 19.6 Å². The van der Waals surface area contributed by atoms with Gasteiger partial charge in [-0.15, -0.1) is 0 Å². The van der Waals surface area contributed by atoms with Gasteiger partial charge in [-0.1, -0.05) is 41.9 Å². The fraction of sp³-hybridized carbons (Fsp3) is 0.412. The van der Waals surface area contributed by atoms with E-state index in [9.17, 15) is 4.79 Å². The standard InChI is InChI=1S/C17H21ClN4O/c1-2-22-13-15(18)16(19-22)17(23)21-10-8-20(9-11-21)12-14-6-4-3-5-7-14/h3-7,13H,2,8-12H2,1H3. The van der Waals surface area contributed by atoms with Crippen molar-refractivity contribution >= 4 is 17.5 Å². The maximum Gasteiger partial charge on any atom is 0.276 e. The van der Waals surface area contributed by atoms with Crippen LogP contribution in [0.2, 0.25) is 5.02 Å². The third kappa shape index (κ3) is 3.74. The molecular weight excluding hydrogens is 312 g/mol. The van der Waals surface area contributed by atoms with Gasteiger partial charge in [0.1, 0.15) is 0 Å². The van der Waals surface area contributed by atoms with Crippen LogP contribution in [0.1, 0.15) is 23.0 Å². The molecule has 23 heavy (non-hydrogen) atoms. The molecule has 1 aliphatic heterocycles. The van der Waals surface area contributed by atoms with Crippen molar-refractivity contribution in [3.05, 3.63) is 52.8 Å². The number of carbonyl (C=O) groups is 1. The van der Waals surface area contributed by atoms with Crippen LogP contribution >= 0.6 is 11.6 Å². The number of carbonyl (C=O) groups excluding carboxylic acids is 1. The molecule has 3 rings (SSSR count). The second kappa shape index (κ2) is 7.15. The van der Waals surface area contributed by atoms with E-state index in [2.05, 4.69) is 34.3 Å². The minimum Gasteiger partial charge on any atom is -0.335 e. The monoisotopic (exact) mass is 332 g/mol. The summed E-state index contributed by atoms with van der Waals surface area (Å²) in [6.45, 7) is 6.76. The number of aromatic nitrogens is 2. The molecule has 0 aliphatic carbocycles. The Morgan fingerprint density at radius 1 is 1.17 bits per heavy atom. The molecule has 0 bridgehead atoms. The van der Waals surface area contributed by atoms with E-state index in [1.54, 1.807) is 10.9 Å². The van der Waals surface area contributed by atoms with Crippen molar-refractivity contribution in [3.8, 4) is 0 Å². The van der Waals surface area contributed by atoms with Gasteiger partial charge in [-0.3, -0.25) is 14.4 Å². The van der Waals surface area contributed by atoms with Gasteiger partial charge in [-0.25, -0.2) is 0 Å². The predicted octanol–water partition coefficient (Wildman–Crippen LogP) is 2.51. The Morgan fingerprint density at radius 2 is 1.87 bits per heavy atom. The Morgan fingerprint density at radius 3 is 2.48 bits per heavy atom. The normalized spacial score (nSPS) is 15.8. The van der Waals surface area contributed by atoms with Gasteiger partial charge in [0.2, 0.25) is 0 Å². The molecule has 1 saturated heterocycles. The van der Waals surface area contributed by atoms with Gasteiger partial charge in [0.25, 0.3) is 5.91 Å². The van der Waals surface area contributed by atoms with Gasteiger partial charge in [0.15, 0.2) is 5.69 Å². The van der Waals surface area contributed by atoms with Gasteiger partial charge < -0.3 is 4.90 Å². The molecule has 0 radical (unpaired) electrons. The van der Waals surface area contributed by atoms with Crippen LogP contribution in [-0.2, 0) is 13.1 Å². The van der Waals surface area contributed by atoms with Crippen LogP contribution in [0, 0.1) is 0 Å². The number of benzene rings is 1. The van der Waals surface area contributed by atoms with Crippen LogP contribution in [0.15, 0.2) is 36.5 Å². The molecule has 2 heterocycles. The molecule has 0 saturated carbocycles. The zero-order chi connectivity index (χ0) is 16.2. The van der Waals surface area contributed by atoms with Gasteiger partial charge in [-0.2, -0.15) is 5.10 Å². The van der Waals surface area contributed by atoms with E-state index in [1.807, 2.05) is 17.9 Å². The molecule has 0 unspecified atom stereocenters. The van der Waals surface area contributed by atoms with E-state index < -0.39 is 0 Å². The van der Waals surface area contributed by atoms with Gasteiger partial charge in [0, 0.05) is 45.5 Å². The summed E-state index contributed by atoms with van der Waals surface area (Å²) in [4.78, 5) is 16.8. The number of aryl methyl sites for hydroxylation is 1. The van der Waals surface area contributed by atoms with E-state index in [1.165, 1.54) is 5.56 Å². The Hall–Kier alpha value is -1.85. The number of amides is 1.